The predicted octanol–water partition coefficient (Wildman–Crippen LogP) is 1.57. The molecule has 4 nitrogen and oxygen atoms in total. The number of fused-ring (bicyclic) bond motifs is 1. The van der Waals surface area contributed by atoms with Crippen molar-refractivity contribution in [1.29, 1.82) is 0 Å². The molecule has 2 aliphatic heterocycles. The van der Waals surface area contributed by atoms with Gasteiger partial charge in [-0.05, 0) is 19.4 Å². The van der Waals surface area contributed by atoms with Crippen molar-refractivity contribution in [3.8, 4) is 5.75 Å². The average Bonchev–Trinajstić information content (AvgIpc) is 2.47. The molecular formula is C16H24N2O2. The summed E-state index contributed by atoms with van der Waals surface area (Å²) in [5.41, 5.74) is 9.92. The monoisotopic (exact) mass is 276 g/mol. The summed E-state index contributed by atoms with van der Waals surface area (Å²) in [6.45, 7) is 9.12. The molecule has 2 N–H and O–H groups in total. The Hall–Kier alpha value is -1.10. The van der Waals surface area contributed by atoms with E-state index in [4.69, 9.17) is 15.2 Å². The highest BCUT2D eigenvalue weighted by molar-refractivity contribution is 5.49. The number of hydrogen-bond donors (Lipinski definition) is 1. The number of morpholine rings is 1. The fraction of sp³-hybridized carbons (Fsp3) is 0.625. The lowest BCUT2D eigenvalue weighted by Crippen LogP contribution is -2.57. The molecule has 1 unspecified atom stereocenters. The Morgan fingerprint density at radius 2 is 1.95 bits per heavy atom. The number of nitrogens with two attached hydrogens (primary N) is 1. The third-order valence-electron chi connectivity index (χ3n) is 4.64. The van der Waals surface area contributed by atoms with Gasteiger partial charge in [0, 0.05) is 31.6 Å². The van der Waals surface area contributed by atoms with Crippen LogP contribution in [0.5, 0.6) is 5.75 Å². The van der Waals surface area contributed by atoms with Crippen molar-refractivity contribution < 1.29 is 9.47 Å². The summed E-state index contributed by atoms with van der Waals surface area (Å²) in [5, 5.41) is 0. The Morgan fingerprint density at radius 3 is 2.65 bits per heavy atom. The largest absolute Gasteiger partial charge is 0.493 e. The number of rotatable bonds is 2. The van der Waals surface area contributed by atoms with Gasteiger partial charge in [-0.25, -0.2) is 0 Å². The van der Waals surface area contributed by atoms with Crippen LogP contribution < -0.4 is 10.5 Å². The fourth-order valence-electron chi connectivity index (χ4n) is 3.61. The van der Waals surface area contributed by atoms with E-state index in [2.05, 4.69) is 30.9 Å². The highest BCUT2D eigenvalue weighted by Gasteiger charge is 2.42. The molecule has 0 aromatic heterocycles. The number of nitrogens with zero attached hydrogens (tertiary/aromatic N) is 1. The first-order valence-electron chi connectivity index (χ1n) is 7.45. The Bertz CT molecular complexity index is 497. The highest BCUT2D eigenvalue weighted by Crippen LogP contribution is 2.43. The normalized spacial score (nSPS) is 26.9. The first kappa shape index (κ1) is 13.9. The molecule has 0 spiro atoms. The van der Waals surface area contributed by atoms with Gasteiger partial charge in [-0.3, -0.25) is 4.90 Å². The molecule has 2 aliphatic rings. The fourth-order valence-corrected chi connectivity index (χ4v) is 3.61. The van der Waals surface area contributed by atoms with Gasteiger partial charge in [-0.2, -0.15) is 0 Å². The van der Waals surface area contributed by atoms with Gasteiger partial charge in [0.2, 0.25) is 0 Å². The first-order chi connectivity index (χ1) is 9.67. The lowest BCUT2D eigenvalue weighted by molar-refractivity contribution is -0.0366. The molecule has 20 heavy (non-hydrogen) atoms. The molecule has 1 saturated heterocycles. The van der Waals surface area contributed by atoms with Crippen molar-refractivity contribution in [2.24, 2.45) is 5.73 Å². The van der Waals surface area contributed by atoms with Crippen LogP contribution in [0.2, 0.25) is 0 Å². The molecule has 1 atom stereocenters. The van der Waals surface area contributed by atoms with E-state index in [0.717, 1.165) is 45.1 Å². The van der Waals surface area contributed by atoms with Crippen LogP contribution in [0.15, 0.2) is 12.1 Å². The van der Waals surface area contributed by atoms with Crippen molar-refractivity contribution in [2.45, 2.75) is 25.8 Å². The molecule has 2 heterocycles. The van der Waals surface area contributed by atoms with Gasteiger partial charge < -0.3 is 15.2 Å². The van der Waals surface area contributed by atoms with Crippen LogP contribution >= 0.6 is 0 Å². The Morgan fingerprint density at radius 1 is 1.20 bits per heavy atom. The van der Waals surface area contributed by atoms with Crippen LogP contribution in [0, 0.1) is 13.8 Å². The zero-order valence-corrected chi connectivity index (χ0v) is 12.4. The summed E-state index contributed by atoms with van der Waals surface area (Å²) in [7, 11) is 0. The van der Waals surface area contributed by atoms with E-state index in [1.807, 2.05) is 0 Å². The SMILES string of the molecule is Cc1cc(C)c2c(c1)C(CN)(N1CCOCC1)CCO2. The van der Waals surface area contributed by atoms with Crippen molar-refractivity contribution >= 4 is 0 Å². The maximum Gasteiger partial charge on any atom is 0.127 e. The second-order valence-corrected chi connectivity index (χ2v) is 5.89. The second kappa shape index (κ2) is 5.35. The molecular weight excluding hydrogens is 252 g/mol. The van der Waals surface area contributed by atoms with Crippen molar-refractivity contribution in [2.75, 3.05) is 39.5 Å². The lowest BCUT2D eigenvalue weighted by atomic mass is 9.80. The minimum atomic E-state index is -0.0891. The van der Waals surface area contributed by atoms with E-state index < -0.39 is 0 Å². The average molecular weight is 276 g/mol. The summed E-state index contributed by atoms with van der Waals surface area (Å²) in [6, 6.07) is 4.44. The molecule has 1 aromatic carbocycles. The quantitative estimate of drug-likeness (QED) is 0.891. The number of aryl methyl sites for hydroxylation is 2. The molecule has 4 heteroatoms. The van der Waals surface area contributed by atoms with Crippen LogP contribution in [-0.2, 0) is 10.3 Å². The van der Waals surface area contributed by atoms with Crippen molar-refractivity contribution in [1.82, 2.24) is 4.90 Å². The molecule has 1 fully saturated rings. The van der Waals surface area contributed by atoms with Gasteiger partial charge in [-0.15, -0.1) is 0 Å². The van der Waals surface area contributed by atoms with Gasteiger partial charge in [-0.1, -0.05) is 17.7 Å². The minimum Gasteiger partial charge on any atom is -0.493 e. The summed E-state index contributed by atoms with van der Waals surface area (Å²) in [5.74, 6) is 1.04. The highest BCUT2D eigenvalue weighted by atomic mass is 16.5. The maximum atomic E-state index is 6.25. The van der Waals surface area contributed by atoms with E-state index in [-0.39, 0.29) is 5.54 Å². The van der Waals surface area contributed by atoms with Crippen LogP contribution in [0.3, 0.4) is 0 Å². The van der Waals surface area contributed by atoms with Gasteiger partial charge in [0.25, 0.3) is 0 Å². The van der Waals surface area contributed by atoms with E-state index >= 15 is 0 Å². The molecule has 1 aromatic rings. The molecule has 0 amide bonds. The van der Waals surface area contributed by atoms with Crippen molar-refractivity contribution in [3.05, 3.63) is 28.8 Å². The van der Waals surface area contributed by atoms with Crippen LogP contribution in [-0.4, -0.2) is 44.4 Å². The van der Waals surface area contributed by atoms with E-state index in [0.29, 0.717) is 6.54 Å². The second-order valence-electron chi connectivity index (χ2n) is 5.89. The predicted molar refractivity (Wildman–Crippen MR) is 79.2 cm³/mol. The van der Waals surface area contributed by atoms with E-state index in [1.165, 1.54) is 16.7 Å². The number of benzene rings is 1. The summed E-state index contributed by atoms with van der Waals surface area (Å²) < 4.78 is 11.4. The third-order valence-corrected chi connectivity index (χ3v) is 4.64. The molecule has 110 valence electrons. The Labute approximate surface area is 120 Å². The molecule has 0 bridgehead atoms. The number of hydrogen-bond acceptors (Lipinski definition) is 4. The van der Waals surface area contributed by atoms with Gasteiger partial charge in [0.15, 0.2) is 0 Å². The zero-order valence-electron chi connectivity index (χ0n) is 12.4. The van der Waals surface area contributed by atoms with Gasteiger partial charge in [0.05, 0.1) is 25.4 Å². The van der Waals surface area contributed by atoms with Gasteiger partial charge >= 0.3 is 0 Å². The summed E-state index contributed by atoms with van der Waals surface area (Å²) in [6.07, 6.45) is 0.958. The Kier molecular flexibility index (Phi) is 3.71. The smallest absolute Gasteiger partial charge is 0.127 e. The van der Waals surface area contributed by atoms with Crippen LogP contribution in [0.1, 0.15) is 23.1 Å². The summed E-state index contributed by atoms with van der Waals surface area (Å²) >= 11 is 0. The van der Waals surface area contributed by atoms with E-state index in [9.17, 15) is 0 Å². The molecule has 0 saturated carbocycles. The lowest BCUT2D eigenvalue weighted by Gasteiger charge is -2.48. The standard InChI is InChI=1S/C16H24N2O2/c1-12-9-13(2)15-14(10-12)16(11-17,3-6-20-15)18-4-7-19-8-5-18/h9-10H,3-8,11,17H2,1-2H3. The van der Waals surface area contributed by atoms with Crippen molar-refractivity contribution in [3.63, 3.8) is 0 Å². The molecule has 3 rings (SSSR count). The molecule has 0 aliphatic carbocycles. The topological polar surface area (TPSA) is 47.7 Å². The van der Waals surface area contributed by atoms with Crippen LogP contribution in [0.4, 0.5) is 0 Å². The zero-order chi connectivity index (χ0) is 14.2. The van der Waals surface area contributed by atoms with Crippen LogP contribution in [0.25, 0.3) is 0 Å². The maximum absolute atomic E-state index is 6.25. The minimum absolute atomic E-state index is 0.0891. The molecule has 0 radical (unpaired) electrons. The summed E-state index contributed by atoms with van der Waals surface area (Å²) in [4.78, 5) is 2.50. The number of ether oxygens (including phenoxy) is 2. The Balaban J connectivity index is 2.09. The third kappa shape index (κ3) is 2.12. The van der Waals surface area contributed by atoms with E-state index in [1.54, 1.807) is 0 Å². The van der Waals surface area contributed by atoms with Gasteiger partial charge in [0.1, 0.15) is 5.75 Å². The first-order valence-corrected chi connectivity index (χ1v) is 7.45.